The van der Waals surface area contributed by atoms with Gasteiger partial charge < -0.3 is 9.32 Å². The monoisotopic (exact) mass is 427 g/mol. The number of hydrogen-bond acceptors (Lipinski definition) is 8. The summed E-state index contributed by atoms with van der Waals surface area (Å²) in [4.78, 5) is 9.29. The van der Waals surface area contributed by atoms with Crippen LogP contribution in [0.15, 0.2) is 28.7 Å². The molecular formula is C18H22ClN3O5S. The summed E-state index contributed by atoms with van der Waals surface area (Å²) in [6.07, 6.45) is 2.53. The third kappa shape index (κ3) is 5.19. The summed E-state index contributed by atoms with van der Waals surface area (Å²) in [6, 6.07) is 8.67. The Kier molecular flexibility index (Phi) is 6.54. The molecule has 3 aliphatic heterocycles. The maximum Gasteiger partial charge on any atom is 0.382 e. The lowest BCUT2D eigenvalue weighted by Gasteiger charge is -2.20. The lowest BCUT2D eigenvalue weighted by atomic mass is 10.2. The average Bonchev–Trinajstić information content (AvgIpc) is 3.28. The topological polar surface area (TPSA) is 125 Å². The predicted molar refractivity (Wildman–Crippen MR) is 96.3 cm³/mol. The minimum absolute atomic E-state index is 0.765. The van der Waals surface area contributed by atoms with Crippen LogP contribution in [0, 0.1) is 10.2 Å². The molecule has 0 spiro atoms. The van der Waals surface area contributed by atoms with Gasteiger partial charge in [0.15, 0.2) is 0 Å². The van der Waals surface area contributed by atoms with Crippen molar-refractivity contribution in [1.82, 2.24) is 9.56 Å². The number of rotatable bonds is 3. The zero-order chi connectivity index (χ0) is 20.3. The van der Waals surface area contributed by atoms with Crippen molar-refractivity contribution >= 4 is 28.0 Å². The van der Waals surface area contributed by atoms with Gasteiger partial charge in [-0.3, -0.25) is 0 Å². The van der Waals surface area contributed by atoms with Crippen LogP contribution in [-0.2, 0) is 0 Å². The third-order valence-electron chi connectivity index (χ3n) is 4.60. The van der Waals surface area contributed by atoms with E-state index in [-0.39, 0.29) is 0 Å². The normalized spacial score (nSPS) is 14.4. The molecule has 0 aliphatic carbocycles. The fourth-order valence-corrected chi connectivity index (χ4v) is 4.27. The number of aromatic nitrogens is 1. The third-order valence-corrected chi connectivity index (χ3v) is 5.65. The first-order valence-electron chi connectivity index (χ1n) is 9.07. The van der Waals surface area contributed by atoms with Crippen LogP contribution in [0.2, 0.25) is 0 Å². The first-order valence-corrected chi connectivity index (χ1v) is 11.1. The summed E-state index contributed by atoms with van der Waals surface area (Å²) in [5, 5.41) is 1.14. The molecule has 1 aromatic rings. The fraction of sp³-hybridized carbons (Fsp3) is 0.444. The van der Waals surface area contributed by atoms with Gasteiger partial charge in [-0.25, -0.2) is 23.2 Å². The van der Waals surface area contributed by atoms with Crippen molar-refractivity contribution < 1.29 is 33.3 Å². The molecule has 1 aromatic carbocycles. The van der Waals surface area contributed by atoms with E-state index in [0.717, 1.165) is 52.7 Å². The van der Waals surface area contributed by atoms with Crippen LogP contribution in [0.25, 0.3) is 21.7 Å². The van der Waals surface area contributed by atoms with Gasteiger partial charge in [0.1, 0.15) is 10.5 Å². The van der Waals surface area contributed by atoms with Crippen molar-refractivity contribution in [3.8, 4) is 10.8 Å². The van der Waals surface area contributed by atoms with Crippen LogP contribution in [0.5, 0.6) is 0 Å². The van der Waals surface area contributed by atoms with Crippen LogP contribution in [0.3, 0.4) is 0 Å². The van der Waals surface area contributed by atoms with Gasteiger partial charge in [-0.05, 0) is 56.2 Å². The highest BCUT2D eigenvalue weighted by Gasteiger charge is 2.22. The van der Waals surface area contributed by atoms with Crippen LogP contribution >= 0.6 is 11.3 Å². The molecule has 0 unspecified atom stereocenters. The van der Waals surface area contributed by atoms with Gasteiger partial charge in [0, 0.05) is 35.2 Å². The maximum atomic E-state index is 8.49. The van der Waals surface area contributed by atoms with Gasteiger partial charge in [0.2, 0.25) is 0 Å². The van der Waals surface area contributed by atoms with Gasteiger partial charge in [0.05, 0.1) is 13.1 Å². The summed E-state index contributed by atoms with van der Waals surface area (Å²) in [6.45, 7) is 8.59. The molecule has 3 heterocycles. The van der Waals surface area contributed by atoms with E-state index in [0.29, 0.717) is 0 Å². The molecule has 10 heteroatoms. The Morgan fingerprint density at radius 1 is 1.11 bits per heavy atom. The van der Waals surface area contributed by atoms with Crippen molar-refractivity contribution in [2.24, 2.45) is 0 Å². The Bertz CT molecular complexity index is 963. The number of hydrogen-bond donors (Lipinski definition) is 0. The van der Waals surface area contributed by atoms with E-state index in [9.17, 15) is 0 Å². The van der Waals surface area contributed by atoms with Crippen molar-refractivity contribution in [3.05, 3.63) is 29.1 Å². The maximum absolute atomic E-state index is 8.49. The summed E-state index contributed by atoms with van der Waals surface area (Å²) in [7, 11) is -4.94. The molecule has 152 valence electrons. The molecule has 3 aliphatic rings. The van der Waals surface area contributed by atoms with E-state index in [1.54, 1.807) is 11.3 Å². The Hall–Kier alpha value is -1.75. The lowest BCUT2D eigenvalue weighted by Crippen LogP contribution is -2.68. The van der Waals surface area contributed by atoms with Crippen molar-refractivity contribution in [2.45, 2.75) is 26.7 Å². The van der Waals surface area contributed by atoms with E-state index in [1.807, 2.05) is 0 Å². The molecule has 0 saturated carbocycles. The van der Waals surface area contributed by atoms with Crippen LogP contribution < -0.4 is 32.9 Å². The highest BCUT2D eigenvalue weighted by molar-refractivity contribution is 7.12. The molecule has 0 N–H and O–H groups in total. The molecule has 0 bridgehead atoms. The van der Waals surface area contributed by atoms with Crippen molar-refractivity contribution in [2.75, 3.05) is 31.1 Å². The minimum atomic E-state index is -4.94. The Labute approximate surface area is 168 Å². The van der Waals surface area contributed by atoms with E-state index >= 15 is 0 Å². The first-order chi connectivity index (χ1) is 13.3. The average molecular weight is 428 g/mol. The number of anilines is 1. The summed E-state index contributed by atoms with van der Waals surface area (Å²) in [5.74, 6) is 0.765. The van der Waals surface area contributed by atoms with Gasteiger partial charge >= 0.3 is 10.7 Å². The highest BCUT2D eigenvalue weighted by atomic mass is 35.7. The van der Waals surface area contributed by atoms with Gasteiger partial charge in [-0.15, -0.1) is 10.2 Å². The Morgan fingerprint density at radius 2 is 1.75 bits per heavy atom. The zero-order valence-electron chi connectivity index (χ0n) is 15.7. The van der Waals surface area contributed by atoms with Crippen LogP contribution in [0.1, 0.15) is 26.7 Å². The molecule has 1 saturated heterocycles. The fourth-order valence-electron chi connectivity index (χ4n) is 3.28. The predicted octanol–water partition coefficient (Wildman–Crippen LogP) is -1.35. The smallest absolute Gasteiger partial charge is 0.382 e. The number of benzene rings is 1. The standard InChI is InChI=1S/C18H22N3OS.ClHO4/c1-3-20(4-2)14-8-7-13-11-16-17(22-15(13)12-14)19-18(23-16)21-9-5-6-10-21;2-1(3,4)5/h7-8,11-12H,3-6,9-10H2,1-2H3;(H,2,3,4,5)/q+1;/p-1. The van der Waals surface area contributed by atoms with Gasteiger partial charge in [-0.2, -0.15) is 0 Å². The highest BCUT2D eigenvalue weighted by Crippen LogP contribution is 2.30. The second-order valence-electron chi connectivity index (χ2n) is 6.38. The van der Waals surface area contributed by atoms with Crippen molar-refractivity contribution in [1.29, 1.82) is 0 Å². The second kappa shape index (κ2) is 8.73. The van der Waals surface area contributed by atoms with Gasteiger partial charge in [0.25, 0.3) is 0 Å². The number of halogens is 1. The molecule has 0 amide bonds. The molecule has 0 atom stereocenters. The number of nitrogens with zero attached hydrogens (tertiary/aromatic N) is 3. The minimum Gasteiger partial charge on any atom is -0.419 e. The van der Waals surface area contributed by atoms with Crippen LogP contribution in [-0.4, -0.2) is 31.2 Å². The van der Waals surface area contributed by atoms with E-state index in [2.05, 4.69) is 47.6 Å². The second-order valence-corrected chi connectivity index (χ2v) is 8.14. The van der Waals surface area contributed by atoms with Crippen molar-refractivity contribution in [3.63, 3.8) is 0 Å². The van der Waals surface area contributed by atoms with E-state index < -0.39 is 10.2 Å². The van der Waals surface area contributed by atoms with E-state index in [4.69, 9.17) is 28.0 Å². The molecule has 0 radical (unpaired) electrons. The molecule has 1 fully saturated rings. The van der Waals surface area contributed by atoms with Crippen LogP contribution in [0.4, 0.5) is 5.69 Å². The summed E-state index contributed by atoms with van der Waals surface area (Å²) < 4.78 is 42.5. The number of fused-ring (bicyclic) bond motifs is 2. The largest absolute Gasteiger partial charge is 0.419 e. The van der Waals surface area contributed by atoms with E-state index in [1.165, 1.54) is 18.5 Å². The Balaban J connectivity index is 0.000000403. The molecule has 4 rings (SSSR count). The molecular weight excluding hydrogens is 406 g/mol. The molecule has 0 aromatic heterocycles. The van der Waals surface area contributed by atoms with Gasteiger partial charge in [-0.1, -0.05) is 0 Å². The summed E-state index contributed by atoms with van der Waals surface area (Å²) in [5.41, 5.74) is 2.13. The molecule has 8 nitrogen and oxygen atoms in total. The summed E-state index contributed by atoms with van der Waals surface area (Å²) >= 11 is 1.74. The lowest BCUT2D eigenvalue weighted by molar-refractivity contribution is -2.00. The molecule has 28 heavy (non-hydrogen) atoms. The Morgan fingerprint density at radius 3 is 2.36 bits per heavy atom. The SMILES string of the molecule is CCN(CC)c1ccc2cc3sc(=[N+]4CCCC4)nc-3oc2c1.[O-][Cl+3]([O-])([O-])[O-]. The quantitative estimate of drug-likeness (QED) is 0.473. The first kappa shape index (κ1) is 21.0. The number of thiazole rings is 1. The zero-order valence-corrected chi connectivity index (χ0v) is 17.3.